The molecule has 4 amide bonds. The molecule has 4 fully saturated rings. The van der Waals surface area contributed by atoms with Crippen LogP contribution in [0.4, 0.5) is 4.79 Å². The number of amides is 4. The molecule has 2 saturated heterocycles. The maximum absolute atomic E-state index is 14.1. The monoisotopic (exact) mass is 677 g/mol. The van der Waals surface area contributed by atoms with Gasteiger partial charge in [0.05, 0.1) is 24.3 Å². The lowest BCUT2D eigenvalue weighted by Gasteiger charge is -2.41. The highest BCUT2D eigenvalue weighted by Crippen LogP contribution is 2.53. The standard InChI is InChI=1S/C34H55N5O5S2/c1-2-46(43,44)23-8-4-7-13-30(36-26-10-5-3-6-11-26)32(41)39-19-14-29(28(25-39)31(40)35-24-27-12-9-22-45-27)37-33(42)38-20-17-34(15-16-34)18-21-38/h9,12,22,26,28-30,36H,2-8,10-11,13-21,23-25H2,1H3,(H,35,40)(H,37,42)/t28-,29+,30+/m0/s1. The number of sulfone groups is 1. The van der Waals surface area contributed by atoms with Gasteiger partial charge in [0.2, 0.25) is 11.8 Å². The number of urea groups is 1. The van der Waals surface area contributed by atoms with Crippen molar-refractivity contribution in [1.82, 2.24) is 25.8 Å². The highest BCUT2D eigenvalue weighted by Gasteiger charge is 2.46. The second-order valence-electron chi connectivity index (χ2n) is 14.2. The quantitative estimate of drug-likeness (QED) is 0.250. The summed E-state index contributed by atoms with van der Waals surface area (Å²) in [4.78, 5) is 46.0. The number of thiophene rings is 1. The Balaban J connectivity index is 1.22. The summed E-state index contributed by atoms with van der Waals surface area (Å²) in [5, 5.41) is 11.9. The highest BCUT2D eigenvalue weighted by atomic mass is 32.2. The number of hydrogen-bond acceptors (Lipinski definition) is 7. The predicted molar refractivity (Wildman–Crippen MR) is 182 cm³/mol. The van der Waals surface area contributed by atoms with Crippen molar-refractivity contribution in [2.75, 3.05) is 37.7 Å². The molecule has 2 saturated carbocycles. The minimum atomic E-state index is -2.99. The molecule has 3 atom stereocenters. The van der Waals surface area contributed by atoms with E-state index in [9.17, 15) is 22.8 Å². The zero-order chi connectivity index (χ0) is 32.6. The van der Waals surface area contributed by atoms with Gasteiger partial charge in [0, 0.05) is 48.9 Å². The topological polar surface area (TPSA) is 128 Å². The van der Waals surface area contributed by atoms with E-state index in [0.717, 1.165) is 69.3 Å². The maximum Gasteiger partial charge on any atom is 0.317 e. The van der Waals surface area contributed by atoms with Crippen LogP contribution in [-0.2, 0) is 26.0 Å². The molecule has 0 radical (unpaired) electrons. The molecule has 1 aromatic heterocycles. The minimum absolute atomic E-state index is 0.0124. The van der Waals surface area contributed by atoms with E-state index in [1.807, 2.05) is 27.3 Å². The molecule has 2 aliphatic carbocycles. The van der Waals surface area contributed by atoms with Crippen molar-refractivity contribution < 1.29 is 22.8 Å². The molecule has 46 heavy (non-hydrogen) atoms. The van der Waals surface area contributed by atoms with Crippen LogP contribution in [0.2, 0.25) is 0 Å². The minimum Gasteiger partial charge on any atom is -0.351 e. The van der Waals surface area contributed by atoms with Crippen LogP contribution in [0.3, 0.4) is 0 Å². The third kappa shape index (κ3) is 9.92. The first-order valence-corrected chi connectivity index (χ1v) is 20.5. The summed E-state index contributed by atoms with van der Waals surface area (Å²) in [6, 6.07) is 3.44. The fourth-order valence-electron chi connectivity index (χ4n) is 7.46. The molecule has 10 nitrogen and oxygen atoms in total. The van der Waals surface area contributed by atoms with E-state index in [1.165, 1.54) is 19.3 Å². The van der Waals surface area contributed by atoms with E-state index in [1.54, 1.807) is 18.3 Å². The molecule has 3 N–H and O–H groups in total. The second kappa shape index (κ2) is 16.3. The molecule has 3 heterocycles. The van der Waals surface area contributed by atoms with Gasteiger partial charge in [-0.15, -0.1) is 11.3 Å². The molecule has 5 rings (SSSR count). The number of hydrogen-bond donors (Lipinski definition) is 3. The van der Waals surface area contributed by atoms with Crippen LogP contribution in [0, 0.1) is 11.3 Å². The van der Waals surface area contributed by atoms with Crippen molar-refractivity contribution in [1.29, 1.82) is 0 Å². The van der Waals surface area contributed by atoms with E-state index in [2.05, 4.69) is 16.0 Å². The van der Waals surface area contributed by atoms with Gasteiger partial charge in [-0.1, -0.05) is 45.1 Å². The Morgan fingerprint density at radius 1 is 0.978 bits per heavy atom. The van der Waals surface area contributed by atoms with Crippen LogP contribution in [0.1, 0.15) is 102 Å². The van der Waals surface area contributed by atoms with E-state index >= 15 is 0 Å². The number of carbonyl (C=O) groups is 3. The molecule has 12 heteroatoms. The van der Waals surface area contributed by atoms with Gasteiger partial charge in [0.15, 0.2) is 0 Å². The zero-order valence-corrected chi connectivity index (χ0v) is 29.3. The molecular weight excluding hydrogens is 623 g/mol. The lowest BCUT2D eigenvalue weighted by Crippen LogP contribution is -2.61. The third-order valence-electron chi connectivity index (χ3n) is 10.9. The summed E-state index contributed by atoms with van der Waals surface area (Å²) in [6.07, 6.45) is 13.6. The summed E-state index contributed by atoms with van der Waals surface area (Å²) in [5.41, 5.74) is 0.474. The second-order valence-corrected chi connectivity index (χ2v) is 17.7. The maximum atomic E-state index is 14.1. The fourth-order valence-corrected chi connectivity index (χ4v) is 9.04. The summed E-state index contributed by atoms with van der Waals surface area (Å²) in [5.74, 6) is -0.318. The molecule has 0 bridgehead atoms. The SMILES string of the molecule is CCS(=O)(=O)CCCCC[C@@H](NC1CCCCC1)C(=O)N1CC[C@@H](NC(=O)N2CCC3(CC2)CC3)[C@@H](C(=O)NCc2cccs2)C1. The van der Waals surface area contributed by atoms with Crippen LogP contribution in [0.15, 0.2) is 17.5 Å². The van der Waals surface area contributed by atoms with Crippen LogP contribution in [0.5, 0.6) is 0 Å². The molecule has 1 aromatic rings. The summed E-state index contributed by atoms with van der Waals surface area (Å²) in [7, 11) is -2.99. The first-order valence-electron chi connectivity index (χ1n) is 17.8. The van der Waals surface area contributed by atoms with Gasteiger partial charge in [0.1, 0.15) is 9.84 Å². The Bertz CT molecular complexity index is 1250. The van der Waals surface area contributed by atoms with Crippen molar-refractivity contribution in [2.24, 2.45) is 11.3 Å². The highest BCUT2D eigenvalue weighted by molar-refractivity contribution is 7.91. The van der Waals surface area contributed by atoms with Gasteiger partial charge in [-0.2, -0.15) is 0 Å². The third-order valence-corrected chi connectivity index (χ3v) is 13.6. The first kappa shape index (κ1) is 35.1. The van der Waals surface area contributed by atoms with Gasteiger partial charge in [-0.05, 0) is 74.6 Å². The normalized spacial score (nSPS) is 24.0. The molecule has 4 aliphatic rings. The summed E-state index contributed by atoms with van der Waals surface area (Å²) in [6.45, 7) is 4.38. The van der Waals surface area contributed by atoms with Gasteiger partial charge >= 0.3 is 6.03 Å². The van der Waals surface area contributed by atoms with E-state index < -0.39 is 15.8 Å². The molecule has 0 unspecified atom stereocenters. The molecule has 0 aromatic carbocycles. The van der Waals surface area contributed by atoms with Crippen molar-refractivity contribution in [2.45, 2.75) is 121 Å². The van der Waals surface area contributed by atoms with Gasteiger partial charge in [-0.3, -0.25) is 9.59 Å². The van der Waals surface area contributed by atoms with E-state index in [4.69, 9.17) is 0 Å². The molecule has 2 aliphatic heterocycles. The predicted octanol–water partition coefficient (Wildman–Crippen LogP) is 4.45. The van der Waals surface area contributed by atoms with Crippen molar-refractivity contribution >= 4 is 39.0 Å². The number of nitrogens with one attached hydrogen (secondary N) is 3. The zero-order valence-electron chi connectivity index (χ0n) is 27.6. The Morgan fingerprint density at radius 3 is 2.41 bits per heavy atom. The lowest BCUT2D eigenvalue weighted by atomic mass is 9.89. The Morgan fingerprint density at radius 2 is 1.74 bits per heavy atom. The number of rotatable bonds is 14. The average Bonchev–Trinajstić information content (AvgIpc) is 3.60. The van der Waals surface area contributed by atoms with Gasteiger partial charge in [-0.25, -0.2) is 13.2 Å². The number of unbranched alkanes of at least 4 members (excludes halogenated alkanes) is 2. The van der Waals surface area contributed by atoms with E-state index in [0.29, 0.717) is 43.8 Å². The Kier molecular flexibility index (Phi) is 12.4. The number of piperidine rings is 2. The van der Waals surface area contributed by atoms with Crippen molar-refractivity contribution in [3.05, 3.63) is 22.4 Å². The van der Waals surface area contributed by atoms with Crippen LogP contribution < -0.4 is 16.0 Å². The average molecular weight is 678 g/mol. The van der Waals surface area contributed by atoms with Gasteiger partial charge in [0.25, 0.3) is 0 Å². The van der Waals surface area contributed by atoms with Crippen LogP contribution >= 0.6 is 11.3 Å². The Labute approximate surface area is 279 Å². The molecular formula is C34H55N5O5S2. The first-order chi connectivity index (χ1) is 22.2. The van der Waals surface area contributed by atoms with Gasteiger partial charge < -0.3 is 25.8 Å². The largest absolute Gasteiger partial charge is 0.351 e. The van der Waals surface area contributed by atoms with Crippen molar-refractivity contribution in [3.8, 4) is 0 Å². The van der Waals surface area contributed by atoms with Crippen LogP contribution in [-0.4, -0.2) is 91.9 Å². The number of likely N-dealkylation sites (tertiary alicyclic amines) is 2. The number of carbonyl (C=O) groups excluding carboxylic acids is 3. The summed E-state index contributed by atoms with van der Waals surface area (Å²) < 4.78 is 23.9. The lowest BCUT2D eigenvalue weighted by molar-refractivity contribution is -0.138. The fraction of sp³-hybridized carbons (Fsp3) is 0.794. The molecule has 1 spiro atoms. The van der Waals surface area contributed by atoms with Crippen LogP contribution in [0.25, 0.3) is 0 Å². The van der Waals surface area contributed by atoms with Crippen molar-refractivity contribution in [3.63, 3.8) is 0 Å². The summed E-state index contributed by atoms with van der Waals surface area (Å²) >= 11 is 1.59. The molecule has 258 valence electrons. The smallest absolute Gasteiger partial charge is 0.317 e. The Hall–Kier alpha value is -2.18. The number of nitrogens with zero attached hydrogens (tertiary/aromatic N) is 2. The van der Waals surface area contributed by atoms with E-state index in [-0.39, 0.29) is 48.0 Å².